The van der Waals surface area contributed by atoms with Gasteiger partial charge in [0.1, 0.15) is 0 Å². The Morgan fingerprint density at radius 3 is 2.89 bits per heavy atom. The maximum Gasteiger partial charge on any atom is 0.251 e. The lowest BCUT2D eigenvalue weighted by molar-refractivity contribution is 0.0951. The Morgan fingerprint density at radius 2 is 2.22 bits per heavy atom. The second kappa shape index (κ2) is 5.67. The van der Waals surface area contributed by atoms with Crippen molar-refractivity contribution in [3.05, 3.63) is 56.7 Å². The third-order valence-corrected chi connectivity index (χ3v) is 3.54. The molecule has 0 radical (unpaired) electrons. The maximum atomic E-state index is 11.8. The summed E-state index contributed by atoms with van der Waals surface area (Å²) in [4.78, 5) is 12.8. The molecule has 3 nitrogen and oxygen atoms in total. The third kappa shape index (κ3) is 3.10. The number of halogens is 1. The lowest BCUT2D eigenvalue weighted by Gasteiger charge is -2.03. The average Bonchev–Trinajstić information content (AvgIpc) is 2.82. The number of rotatable bonds is 3. The first-order valence-corrected chi connectivity index (χ1v) is 6.41. The minimum Gasteiger partial charge on any atom is -0.347 e. The smallest absolute Gasteiger partial charge is 0.251 e. The fourth-order valence-corrected chi connectivity index (χ4v) is 2.47. The summed E-state index contributed by atoms with van der Waals surface area (Å²) in [5.74, 6) is -0.198. The number of nitrogens with zero attached hydrogens (tertiary/aromatic N) is 1. The zero-order valence-corrected chi connectivity index (χ0v) is 10.9. The third-order valence-electron chi connectivity index (χ3n) is 2.31. The second-order valence-corrected chi connectivity index (χ2v) is 5.38. The molecule has 1 N–H and O–H groups in total. The number of hydrogen-bond donors (Lipinski definition) is 1. The van der Waals surface area contributed by atoms with Crippen LogP contribution in [0.25, 0.3) is 0 Å². The van der Waals surface area contributed by atoms with Crippen LogP contribution in [0.5, 0.6) is 0 Å². The monoisotopic (exact) mass is 276 g/mol. The van der Waals surface area contributed by atoms with Crippen molar-refractivity contribution in [2.45, 2.75) is 6.54 Å². The summed E-state index contributed by atoms with van der Waals surface area (Å²) in [6, 6.07) is 12.3. The van der Waals surface area contributed by atoms with Gasteiger partial charge in [0.2, 0.25) is 0 Å². The van der Waals surface area contributed by atoms with Gasteiger partial charge in [-0.2, -0.15) is 5.26 Å². The molecule has 0 aliphatic rings. The summed E-state index contributed by atoms with van der Waals surface area (Å²) in [5.41, 5.74) is 0.957. The molecule has 1 amide bonds. The predicted molar refractivity (Wildman–Crippen MR) is 71.7 cm³/mol. The van der Waals surface area contributed by atoms with Crippen LogP contribution in [0, 0.1) is 11.3 Å². The Kier molecular flexibility index (Phi) is 3.98. The second-order valence-electron chi connectivity index (χ2n) is 3.58. The predicted octanol–water partition coefficient (Wildman–Crippen LogP) is 3.20. The van der Waals surface area contributed by atoms with Gasteiger partial charge in [-0.3, -0.25) is 4.79 Å². The molecule has 2 rings (SSSR count). The normalized spacial score (nSPS) is 9.78. The highest BCUT2D eigenvalue weighted by molar-refractivity contribution is 7.16. The van der Waals surface area contributed by atoms with Gasteiger partial charge in [0.25, 0.3) is 5.91 Å². The van der Waals surface area contributed by atoms with Gasteiger partial charge in [-0.1, -0.05) is 17.7 Å². The molecule has 0 aliphatic heterocycles. The molecule has 90 valence electrons. The van der Waals surface area contributed by atoms with E-state index in [1.807, 2.05) is 12.1 Å². The molecule has 1 aromatic carbocycles. The molecule has 0 aliphatic carbocycles. The molecule has 0 fully saturated rings. The summed E-state index contributed by atoms with van der Waals surface area (Å²) in [5, 5.41) is 11.5. The van der Waals surface area contributed by atoms with Crippen molar-refractivity contribution in [3.8, 4) is 6.07 Å². The molecule has 0 bridgehead atoms. The van der Waals surface area contributed by atoms with Crippen LogP contribution in [-0.4, -0.2) is 5.91 Å². The number of benzene rings is 1. The molecule has 0 atom stereocenters. The molecule has 5 heteroatoms. The molecular weight excluding hydrogens is 268 g/mol. The van der Waals surface area contributed by atoms with E-state index in [1.165, 1.54) is 11.3 Å². The van der Waals surface area contributed by atoms with E-state index in [0.29, 0.717) is 22.0 Å². The van der Waals surface area contributed by atoms with Gasteiger partial charge in [-0.15, -0.1) is 11.3 Å². The topological polar surface area (TPSA) is 52.9 Å². The van der Waals surface area contributed by atoms with Crippen molar-refractivity contribution in [2.75, 3.05) is 0 Å². The first-order valence-electron chi connectivity index (χ1n) is 5.21. The maximum absolute atomic E-state index is 11.8. The first-order chi connectivity index (χ1) is 8.69. The van der Waals surface area contributed by atoms with Crippen LogP contribution < -0.4 is 5.32 Å². The van der Waals surface area contributed by atoms with Gasteiger partial charge in [0, 0.05) is 10.4 Å². The van der Waals surface area contributed by atoms with E-state index >= 15 is 0 Å². The van der Waals surface area contributed by atoms with Crippen LogP contribution in [0.15, 0.2) is 36.4 Å². The molecule has 1 aromatic heterocycles. The van der Waals surface area contributed by atoms with E-state index in [1.54, 1.807) is 30.3 Å². The zero-order valence-electron chi connectivity index (χ0n) is 9.31. The fourth-order valence-electron chi connectivity index (χ4n) is 1.45. The number of hydrogen-bond acceptors (Lipinski definition) is 3. The van der Waals surface area contributed by atoms with Crippen LogP contribution in [-0.2, 0) is 6.54 Å². The highest BCUT2D eigenvalue weighted by Crippen LogP contribution is 2.21. The molecule has 0 unspecified atom stereocenters. The number of carbonyl (C=O) groups excluding carboxylic acids is 1. The largest absolute Gasteiger partial charge is 0.347 e. The van der Waals surface area contributed by atoms with Crippen molar-refractivity contribution < 1.29 is 4.79 Å². The lowest BCUT2D eigenvalue weighted by Crippen LogP contribution is -2.22. The van der Waals surface area contributed by atoms with Crippen molar-refractivity contribution in [1.82, 2.24) is 5.32 Å². The van der Waals surface area contributed by atoms with Gasteiger partial charge in [-0.25, -0.2) is 0 Å². The highest BCUT2D eigenvalue weighted by Gasteiger charge is 2.06. The van der Waals surface area contributed by atoms with Gasteiger partial charge in [-0.05, 0) is 30.3 Å². The van der Waals surface area contributed by atoms with Crippen molar-refractivity contribution in [3.63, 3.8) is 0 Å². The number of thiophene rings is 1. The summed E-state index contributed by atoms with van der Waals surface area (Å²) in [6.07, 6.45) is 0. The van der Waals surface area contributed by atoms with E-state index in [9.17, 15) is 4.79 Å². The average molecular weight is 277 g/mol. The van der Waals surface area contributed by atoms with Crippen LogP contribution in [0.1, 0.15) is 20.8 Å². The van der Waals surface area contributed by atoms with E-state index in [0.717, 1.165) is 4.88 Å². The number of nitriles is 1. The van der Waals surface area contributed by atoms with Gasteiger partial charge >= 0.3 is 0 Å². The van der Waals surface area contributed by atoms with Crippen molar-refractivity contribution in [1.29, 1.82) is 5.26 Å². The molecule has 0 spiro atoms. The molecule has 0 saturated carbocycles. The minimum atomic E-state index is -0.198. The summed E-state index contributed by atoms with van der Waals surface area (Å²) in [7, 11) is 0. The SMILES string of the molecule is N#Cc1cccc(C(=O)NCc2ccc(Cl)s2)c1. The standard InChI is InChI=1S/C13H9ClN2OS/c14-12-5-4-11(18-12)8-16-13(17)10-3-1-2-9(6-10)7-15/h1-6H,8H2,(H,16,17). The number of nitrogens with one attached hydrogen (secondary N) is 1. The molecule has 0 saturated heterocycles. The van der Waals surface area contributed by atoms with Crippen LogP contribution in [0.3, 0.4) is 0 Å². The summed E-state index contributed by atoms with van der Waals surface area (Å²) in [6.45, 7) is 0.438. The van der Waals surface area contributed by atoms with Crippen LogP contribution in [0.2, 0.25) is 4.34 Å². The fraction of sp³-hybridized carbons (Fsp3) is 0.0769. The Bertz CT molecular complexity index is 615. The van der Waals surface area contributed by atoms with Crippen molar-refractivity contribution >= 4 is 28.8 Å². The van der Waals surface area contributed by atoms with Crippen LogP contribution >= 0.6 is 22.9 Å². The Labute approximate surface area is 114 Å². The minimum absolute atomic E-state index is 0.198. The molecule has 2 aromatic rings. The highest BCUT2D eigenvalue weighted by atomic mass is 35.5. The van der Waals surface area contributed by atoms with Crippen LogP contribution in [0.4, 0.5) is 0 Å². The van der Waals surface area contributed by atoms with Gasteiger partial charge in [0.05, 0.1) is 22.5 Å². The molecular formula is C13H9ClN2OS. The zero-order chi connectivity index (χ0) is 13.0. The van der Waals surface area contributed by atoms with E-state index < -0.39 is 0 Å². The van der Waals surface area contributed by atoms with Gasteiger partial charge < -0.3 is 5.32 Å². The Morgan fingerprint density at radius 1 is 1.39 bits per heavy atom. The molecule has 1 heterocycles. The quantitative estimate of drug-likeness (QED) is 0.936. The van der Waals surface area contributed by atoms with E-state index in [4.69, 9.17) is 16.9 Å². The first kappa shape index (κ1) is 12.6. The summed E-state index contributed by atoms with van der Waals surface area (Å²) >= 11 is 7.23. The van der Waals surface area contributed by atoms with E-state index in [2.05, 4.69) is 5.32 Å². The number of amides is 1. The van der Waals surface area contributed by atoms with Gasteiger partial charge in [0.15, 0.2) is 0 Å². The summed E-state index contributed by atoms with van der Waals surface area (Å²) < 4.78 is 0.700. The van der Waals surface area contributed by atoms with Crippen molar-refractivity contribution in [2.24, 2.45) is 0 Å². The molecule has 18 heavy (non-hydrogen) atoms. The Balaban J connectivity index is 2.01. The number of carbonyl (C=O) groups is 1. The lowest BCUT2D eigenvalue weighted by atomic mass is 10.1. The Hall–Kier alpha value is -1.83. The van der Waals surface area contributed by atoms with E-state index in [-0.39, 0.29) is 5.91 Å².